The van der Waals surface area contributed by atoms with Crippen LogP contribution < -0.4 is 10.6 Å². The minimum absolute atomic E-state index is 0.00722. The Morgan fingerprint density at radius 2 is 1.63 bits per heavy atom. The number of benzene rings is 2. The quantitative estimate of drug-likeness (QED) is 0.399. The van der Waals surface area contributed by atoms with Crippen LogP contribution in [0.5, 0.6) is 0 Å². The molecular formula is C27H32N2O6. The smallest absolute Gasteiger partial charge is 0.407 e. The molecule has 2 amide bonds. The summed E-state index contributed by atoms with van der Waals surface area (Å²) in [6.45, 7) is 0.961. The number of carboxylic acid groups (broad SMARTS) is 1. The summed E-state index contributed by atoms with van der Waals surface area (Å²) in [5.74, 6) is -0.865. The third-order valence-corrected chi connectivity index (χ3v) is 6.79. The van der Waals surface area contributed by atoms with Crippen molar-refractivity contribution in [3.05, 3.63) is 59.7 Å². The molecule has 1 atom stereocenters. The highest BCUT2D eigenvalue weighted by atomic mass is 16.5. The van der Waals surface area contributed by atoms with Crippen LogP contribution in [0.15, 0.2) is 48.5 Å². The fourth-order valence-corrected chi connectivity index (χ4v) is 4.79. The summed E-state index contributed by atoms with van der Waals surface area (Å²) in [6.07, 6.45) is 2.57. The van der Waals surface area contributed by atoms with Crippen LogP contribution in [-0.4, -0.2) is 55.5 Å². The molecule has 2 aliphatic rings. The summed E-state index contributed by atoms with van der Waals surface area (Å²) >= 11 is 0. The second kappa shape index (κ2) is 11.8. The van der Waals surface area contributed by atoms with Crippen molar-refractivity contribution in [2.75, 3.05) is 26.4 Å². The van der Waals surface area contributed by atoms with Gasteiger partial charge in [-0.1, -0.05) is 55.0 Å². The van der Waals surface area contributed by atoms with Gasteiger partial charge in [-0.25, -0.2) is 4.79 Å². The fourth-order valence-electron chi connectivity index (χ4n) is 4.79. The number of amides is 2. The van der Waals surface area contributed by atoms with Gasteiger partial charge in [0.2, 0.25) is 5.91 Å². The molecule has 0 saturated heterocycles. The lowest BCUT2D eigenvalue weighted by Gasteiger charge is -2.33. The first-order chi connectivity index (χ1) is 17.0. The number of fused-ring (bicyclic) bond motifs is 3. The van der Waals surface area contributed by atoms with E-state index in [1.807, 2.05) is 24.3 Å². The summed E-state index contributed by atoms with van der Waals surface area (Å²) in [7, 11) is 0. The lowest BCUT2D eigenvalue weighted by atomic mass is 9.78. The van der Waals surface area contributed by atoms with Crippen molar-refractivity contribution in [3.63, 3.8) is 0 Å². The van der Waals surface area contributed by atoms with Crippen LogP contribution in [0.3, 0.4) is 0 Å². The molecule has 0 aliphatic heterocycles. The molecule has 0 bridgehead atoms. The van der Waals surface area contributed by atoms with Crippen molar-refractivity contribution in [3.8, 4) is 11.1 Å². The van der Waals surface area contributed by atoms with E-state index in [0.29, 0.717) is 0 Å². The summed E-state index contributed by atoms with van der Waals surface area (Å²) in [5, 5.41) is 14.6. The lowest BCUT2D eigenvalue weighted by Crippen LogP contribution is -2.44. The Morgan fingerprint density at radius 1 is 0.971 bits per heavy atom. The highest BCUT2D eigenvalue weighted by molar-refractivity contribution is 5.79. The average molecular weight is 481 g/mol. The van der Waals surface area contributed by atoms with Crippen molar-refractivity contribution in [2.24, 2.45) is 5.92 Å². The van der Waals surface area contributed by atoms with E-state index in [1.165, 1.54) is 11.1 Å². The van der Waals surface area contributed by atoms with E-state index in [-0.39, 0.29) is 63.0 Å². The first-order valence-electron chi connectivity index (χ1n) is 12.2. The van der Waals surface area contributed by atoms with Gasteiger partial charge in [0.25, 0.3) is 0 Å². The average Bonchev–Trinajstić information content (AvgIpc) is 3.12. The number of carbonyl (C=O) groups is 3. The second-order valence-electron chi connectivity index (χ2n) is 9.08. The zero-order valence-electron chi connectivity index (χ0n) is 19.7. The van der Waals surface area contributed by atoms with Crippen molar-refractivity contribution in [1.29, 1.82) is 0 Å². The molecule has 0 spiro atoms. The van der Waals surface area contributed by atoms with Crippen LogP contribution in [0, 0.1) is 5.92 Å². The van der Waals surface area contributed by atoms with Crippen LogP contribution >= 0.6 is 0 Å². The van der Waals surface area contributed by atoms with E-state index in [0.717, 1.165) is 30.4 Å². The molecule has 1 fully saturated rings. The van der Waals surface area contributed by atoms with Gasteiger partial charge in [-0.2, -0.15) is 0 Å². The number of carbonyl (C=O) groups excluding carboxylic acids is 2. The Balaban J connectivity index is 1.12. The third-order valence-electron chi connectivity index (χ3n) is 6.79. The Labute approximate surface area is 205 Å². The number of aliphatic carboxylic acids is 1. The summed E-state index contributed by atoms with van der Waals surface area (Å²) in [4.78, 5) is 35.3. The van der Waals surface area contributed by atoms with Gasteiger partial charge < -0.3 is 25.2 Å². The predicted octanol–water partition coefficient (Wildman–Crippen LogP) is 3.69. The molecule has 0 radical (unpaired) electrons. The zero-order chi connectivity index (χ0) is 24.6. The topological polar surface area (TPSA) is 114 Å². The number of alkyl carbamates (subject to hydrolysis) is 1. The molecule has 8 heteroatoms. The molecular weight excluding hydrogens is 448 g/mol. The highest BCUT2D eigenvalue weighted by Gasteiger charge is 2.30. The van der Waals surface area contributed by atoms with E-state index in [9.17, 15) is 14.4 Å². The number of hydrogen-bond donors (Lipinski definition) is 3. The Morgan fingerprint density at radius 3 is 2.23 bits per heavy atom. The molecule has 2 aromatic rings. The first-order valence-corrected chi connectivity index (χ1v) is 12.2. The van der Waals surface area contributed by atoms with Gasteiger partial charge in [-0.3, -0.25) is 9.59 Å². The largest absolute Gasteiger partial charge is 0.481 e. The van der Waals surface area contributed by atoms with Crippen molar-refractivity contribution < 1.29 is 29.0 Å². The minimum Gasteiger partial charge on any atom is -0.481 e. The zero-order valence-corrected chi connectivity index (χ0v) is 19.7. The number of carboxylic acids is 1. The molecule has 2 aromatic carbocycles. The Bertz CT molecular complexity index is 1010. The van der Waals surface area contributed by atoms with E-state index in [2.05, 4.69) is 34.9 Å². The van der Waals surface area contributed by atoms with Crippen LogP contribution in [0.4, 0.5) is 4.79 Å². The lowest BCUT2D eigenvalue weighted by molar-refractivity contribution is -0.138. The maximum atomic E-state index is 12.2. The van der Waals surface area contributed by atoms with Crippen molar-refractivity contribution >= 4 is 18.0 Å². The molecule has 2 aliphatic carbocycles. The summed E-state index contributed by atoms with van der Waals surface area (Å²) < 4.78 is 10.9. The van der Waals surface area contributed by atoms with Gasteiger partial charge in [-0.05, 0) is 41.0 Å². The summed E-state index contributed by atoms with van der Waals surface area (Å²) in [6, 6.07) is 16.0. The monoisotopic (exact) mass is 480 g/mol. The minimum atomic E-state index is -0.905. The van der Waals surface area contributed by atoms with Gasteiger partial charge in [0, 0.05) is 24.9 Å². The number of nitrogens with one attached hydrogen (secondary N) is 2. The van der Waals surface area contributed by atoms with E-state index in [1.54, 1.807) is 0 Å². The standard InChI is InChI=1S/C27H32N2O6/c30-25(29-24(16-26(31)32)18-6-5-7-18)12-14-34-15-13-28-27(33)35-17-23-21-10-3-1-8-19(21)20-9-2-4-11-22(20)23/h1-4,8-11,18,23-24H,5-7,12-17H2,(H,28,33)(H,29,30)(H,31,32). The Hall–Kier alpha value is -3.39. The van der Waals surface area contributed by atoms with Crippen LogP contribution in [0.2, 0.25) is 0 Å². The van der Waals surface area contributed by atoms with Crippen LogP contribution in [0.1, 0.15) is 49.1 Å². The molecule has 8 nitrogen and oxygen atoms in total. The number of hydrogen-bond acceptors (Lipinski definition) is 5. The van der Waals surface area contributed by atoms with Crippen molar-refractivity contribution in [1.82, 2.24) is 10.6 Å². The van der Waals surface area contributed by atoms with Gasteiger partial charge in [0.1, 0.15) is 6.61 Å². The van der Waals surface area contributed by atoms with Gasteiger partial charge in [-0.15, -0.1) is 0 Å². The third kappa shape index (κ3) is 6.39. The first kappa shape index (κ1) is 24.7. The molecule has 3 N–H and O–H groups in total. The molecule has 1 saturated carbocycles. The SMILES string of the molecule is O=C(O)CC(NC(=O)CCOCCNC(=O)OCC1c2ccccc2-c2ccccc21)C1CCC1. The number of rotatable bonds is 12. The maximum Gasteiger partial charge on any atom is 0.407 e. The highest BCUT2D eigenvalue weighted by Crippen LogP contribution is 2.44. The number of ether oxygens (including phenoxy) is 2. The van der Waals surface area contributed by atoms with Gasteiger partial charge in [0.05, 0.1) is 19.6 Å². The molecule has 186 valence electrons. The predicted molar refractivity (Wildman–Crippen MR) is 130 cm³/mol. The Kier molecular flexibility index (Phi) is 8.36. The van der Waals surface area contributed by atoms with Gasteiger partial charge in [0.15, 0.2) is 0 Å². The van der Waals surface area contributed by atoms with Crippen LogP contribution in [0.25, 0.3) is 11.1 Å². The molecule has 4 rings (SSSR count). The second-order valence-corrected chi connectivity index (χ2v) is 9.08. The molecule has 0 heterocycles. The van der Waals surface area contributed by atoms with Crippen LogP contribution in [-0.2, 0) is 19.1 Å². The molecule has 35 heavy (non-hydrogen) atoms. The maximum absolute atomic E-state index is 12.2. The van der Waals surface area contributed by atoms with E-state index >= 15 is 0 Å². The summed E-state index contributed by atoms with van der Waals surface area (Å²) in [5.41, 5.74) is 4.67. The van der Waals surface area contributed by atoms with Gasteiger partial charge >= 0.3 is 12.1 Å². The molecule has 0 aromatic heterocycles. The van der Waals surface area contributed by atoms with E-state index in [4.69, 9.17) is 14.6 Å². The normalized spacial score (nSPS) is 15.4. The van der Waals surface area contributed by atoms with E-state index < -0.39 is 12.1 Å². The molecule has 1 unspecified atom stereocenters. The van der Waals surface area contributed by atoms with Crippen molar-refractivity contribution in [2.45, 2.75) is 44.1 Å². The fraction of sp³-hybridized carbons (Fsp3) is 0.444.